The molecule has 4 rings (SSSR count). The number of nitrogens with zero attached hydrogens (tertiary/aromatic N) is 2. The number of nitrogen functional groups attached to an aromatic ring is 1. The first-order chi connectivity index (χ1) is 13.0. The van der Waals surface area contributed by atoms with Crippen LogP contribution in [0.5, 0.6) is 5.75 Å². The van der Waals surface area contributed by atoms with Crippen LogP contribution in [0.15, 0.2) is 29.3 Å². The van der Waals surface area contributed by atoms with E-state index in [4.69, 9.17) is 25.2 Å². The smallest absolute Gasteiger partial charge is 0.412 e. The van der Waals surface area contributed by atoms with Crippen molar-refractivity contribution < 1.29 is 19.3 Å². The number of nitrogens with one attached hydrogen (secondary N) is 2. The average Bonchev–Trinajstić information content (AvgIpc) is 3.09. The van der Waals surface area contributed by atoms with Gasteiger partial charge in [-0.05, 0) is 37.6 Å². The van der Waals surface area contributed by atoms with Crippen LogP contribution >= 0.6 is 0 Å². The molecular formula is C18H19N5O4. The Bertz CT molecular complexity index is 944. The van der Waals surface area contributed by atoms with Crippen molar-refractivity contribution in [2.45, 2.75) is 26.5 Å². The molecule has 0 saturated heterocycles. The first kappa shape index (κ1) is 17.1. The summed E-state index contributed by atoms with van der Waals surface area (Å²) in [7, 11) is 0. The van der Waals surface area contributed by atoms with Gasteiger partial charge in [0.05, 0.1) is 24.0 Å². The summed E-state index contributed by atoms with van der Waals surface area (Å²) in [6, 6.07) is 7.39. The third-order valence-corrected chi connectivity index (χ3v) is 4.26. The van der Waals surface area contributed by atoms with Crippen LogP contribution < -0.4 is 21.3 Å². The summed E-state index contributed by atoms with van der Waals surface area (Å²) < 4.78 is 4.86. The van der Waals surface area contributed by atoms with Gasteiger partial charge in [-0.25, -0.2) is 14.8 Å². The number of hydrogen-bond acceptors (Lipinski definition) is 8. The normalized spacial score (nSPS) is 17.1. The minimum absolute atomic E-state index is 0.0731. The van der Waals surface area contributed by atoms with Gasteiger partial charge in [0.2, 0.25) is 0 Å². The molecule has 27 heavy (non-hydrogen) atoms. The molecule has 9 nitrogen and oxygen atoms in total. The molecule has 1 aromatic carbocycles. The number of aliphatic imine (C=N–C) groups is 1. The second kappa shape index (κ2) is 6.76. The molecule has 4 N–H and O–H groups in total. The molecule has 2 aromatic rings. The van der Waals surface area contributed by atoms with E-state index in [1.165, 1.54) is 0 Å². The van der Waals surface area contributed by atoms with Crippen molar-refractivity contribution >= 4 is 34.8 Å². The van der Waals surface area contributed by atoms with Crippen molar-refractivity contribution in [3.05, 3.63) is 35.4 Å². The molecule has 0 aliphatic carbocycles. The van der Waals surface area contributed by atoms with Gasteiger partial charge in [-0.2, -0.15) is 4.89 Å². The van der Waals surface area contributed by atoms with Gasteiger partial charge in [0, 0.05) is 11.6 Å². The Kier molecular flexibility index (Phi) is 4.28. The number of amides is 1. The zero-order chi connectivity index (χ0) is 19.0. The summed E-state index contributed by atoms with van der Waals surface area (Å²) >= 11 is 0. The molecule has 1 unspecified atom stereocenters. The maximum atomic E-state index is 11.6. The number of nitrogens with two attached hydrogens (primary N) is 1. The summed E-state index contributed by atoms with van der Waals surface area (Å²) in [5.74, 6) is 1.23. The van der Waals surface area contributed by atoms with Gasteiger partial charge in [-0.15, -0.1) is 0 Å². The van der Waals surface area contributed by atoms with Crippen LogP contribution in [0.4, 0.5) is 27.8 Å². The van der Waals surface area contributed by atoms with Gasteiger partial charge in [0.1, 0.15) is 18.1 Å². The molecule has 1 atom stereocenters. The fourth-order valence-electron chi connectivity index (χ4n) is 3.04. The van der Waals surface area contributed by atoms with E-state index in [2.05, 4.69) is 15.6 Å². The maximum Gasteiger partial charge on any atom is 0.412 e. The van der Waals surface area contributed by atoms with Crippen LogP contribution in [-0.4, -0.2) is 29.4 Å². The number of anilines is 3. The number of hydrogen-bond donors (Lipinski definition) is 3. The van der Waals surface area contributed by atoms with Gasteiger partial charge >= 0.3 is 6.09 Å². The number of carbonyl (C=O) groups is 1. The van der Waals surface area contributed by atoms with E-state index in [0.29, 0.717) is 29.5 Å². The molecule has 1 amide bonds. The lowest BCUT2D eigenvalue weighted by Gasteiger charge is -2.25. The number of carbonyl (C=O) groups excluding carboxylic acids is 1. The molecule has 1 aromatic heterocycles. The number of fused-ring (bicyclic) bond motifs is 2. The number of aromatic nitrogens is 1. The van der Waals surface area contributed by atoms with Crippen LogP contribution in [0, 0.1) is 0 Å². The maximum absolute atomic E-state index is 11.6. The number of rotatable bonds is 3. The molecule has 0 spiro atoms. The number of pyridine rings is 1. The fourth-order valence-corrected chi connectivity index (χ4v) is 3.04. The molecule has 0 saturated carbocycles. The van der Waals surface area contributed by atoms with Crippen LogP contribution in [0.1, 0.15) is 25.0 Å². The standard InChI is InChI=1S/C18H19N5O4/c1-3-25-18(24)22-14-7-12-16(17(19)21-14)23-15(9(2)20-12)10-4-5-13-11(6-10)8-26-27-13/h4-7,9,20H,3,8H2,1-2H3,(H3,19,21,22,24). The van der Waals surface area contributed by atoms with Crippen molar-refractivity contribution in [2.24, 2.45) is 4.99 Å². The van der Waals surface area contributed by atoms with Gasteiger partial charge in [-0.1, -0.05) is 0 Å². The molecule has 2 aliphatic heterocycles. The predicted molar refractivity (Wildman–Crippen MR) is 100 cm³/mol. The van der Waals surface area contributed by atoms with E-state index < -0.39 is 6.09 Å². The Balaban J connectivity index is 1.67. The van der Waals surface area contributed by atoms with Gasteiger partial charge in [-0.3, -0.25) is 5.32 Å². The second-order valence-electron chi connectivity index (χ2n) is 6.17. The molecular weight excluding hydrogens is 350 g/mol. The quantitative estimate of drug-likeness (QED) is 0.711. The highest BCUT2D eigenvalue weighted by molar-refractivity contribution is 6.10. The lowest BCUT2D eigenvalue weighted by atomic mass is 9.99. The summed E-state index contributed by atoms with van der Waals surface area (Å²) in [5.41, 5.74) is 10.0. The molecule has 0 fully saturated rings. The van der Waals surface area contributed by atoms with Crippen molar-refractivity contribution in [3.63, 3.8) is 0 Å². The van der Waals surface area contributed by atoms with E-state index in [9.17, 15) is 4.79 Å². The van der Waals surface area contributed by atoms with Crippen molar-refractivity contribution in [3.8, 4) is 5.75 Å². The Morgan fingerprint density at radius 1 is 1.44 bits per heavy atom. The molecule has 140 valence electrons. The van der Waals surface area contributed by atoms with E-state index in [0.717, 1.165) is 16.8 Å². The van der Waals surface area contributed by atoms with Crippen molar-refractivity contribution in [1.29, 1.82) is 0 Å². The van der Waals surface area contributed by atoms with Crippen molar-refractivity contribution in [1.82, 2.24) is 4.98 Å². The van der Waals surface area contributed by atoms with Gasteiger partial charge in [0.15, 0.2) is 11.6 Å². The van der Waals surface area contributed by atoms with Crippen LogP contribution in [0.25, 0.3) is 0 Å². The minimum atomic E-state index is -0.583. The van der Waals surface area contributed by atoms with E-state index in [1.54, 1.807) is 13.0 Å². The van der Waals surface area contributed by atoms with Crippen LogP contribution in [-0.2, 0) is 16.2 Å². The third kappa shape index (κ3) is 3.24. The Morgan fingerprint density at radius 2 is 2.30 bits per heavy atom. The zero-order valence-corrected chi connectivity index (χ0v) is 14.9. The van der Waals surface area contributed by atoms with Crippen LogP contribution in [0.2, 0.25) is 0 Å². The van der Waals surface area contributed by atoms with Gasteiger partial charge in [0.25, 0.3) is 0 Å². The predicted octanol–water partition coefficient (Wildman–Crippen LogP) is 2.99. The largest absolute Gasteiger partial charge is 0.450 e. The third-order valence-electron chi connectivity index (χ3n) is 4.26. The summed E-state index contributed by atoms with van der Waals surface area (Å²) in [4.78, 5) is 30.6. The van der Waals surface area contributed by atoms with E-state index >= 15 is 0 Å². The monoisotopic (exact) mass is 369 g/mol. The average molecular weight is 369 g/mol. The summed E-state index contributed by atoms with van der Waals surface area (Å²) in [5, 5.41) is 5.91. The van der Waals surface area contributed by atoms with Crippen molar-refractivity contribution in [2.75, 3.05) is 23.0 Å². The Morgan fingerprint density at radius 3 is 3.11 bits per heavy atom. The highest BCUT2D eigenvalue weighted by atomic mass is 17.2. The molecule has 0 bridgehead atoms. The van der Waals surface area contributed by atoms with E-state index in [1.807, 2.05) is 25.1 Å². The number of benzene rings is 1. The highest BCUT2D eigenvalue weighted by Gasteiger charge is 2.25. The van der Waals surface area contributed by atoms with E-state index in [-0.39, 0.29) is 18.5 Å². The number of ether oxygens (including phenoxy) is 1. The Hall–Kier alpha value is -3.33. The first-order valence-electron chi connectivity index (χ1n) is 8.57. The molecule has 9 heteroatoms. The second-order valence-corrected chi connectivity index (χ2v) is 6.17. The lowest BCUT2D eigenvalue weighted by molar-refractivity contribution is -0.194. The molecule has 2 aliphatic rings. The summed E-state index contributed by atoms with van der Waals surface area (Å²) in [6.45, 7) is 4.40. The first-order valence-corrected chi connectivity index (χ1v) is 8.57. The zero-order valence-electron chi connectivity index (χ0n) is 14.9. The molecule has 3 heterocycles. The SMILES string of the molecule is CCOC(=O)Nc1cc2c(c(N)n1)N=C(c1ccc3c(c1)COO3)C(C)N2. The molecule has 0 radical (unpaired) electrons. The summed E-state index contributed by atoms with van der Waals surface area (Å²) in [6.07, 6.45) is -0.583. The Labute approximate surface area is 155 Å². The minimum Gasteiger partial charge on any atom is -0.450 e. The fraction of sp³-hybridized carbons (Fsp3) is 0.278. The van der Waals surface area contributed by atoms with Crippen LogP contribution in [0.3, 0.4) is 0 Å². The topological polar surface area (TPSA) is 120 Å². The lowest BCUT2D eigenvalue weighted by Crippen LogP contribution is -2.30. The van der Waals surface area contributed by atoms with Gasteiger partial charge < -0.3 is 20.7 Å². The highest BCUT2D eigenvalue weighted by Crippen LogP contribution is 2.38.